The highest BCUT2D eigenvalue weighted by atomic mass is 79.9. The number of benzene rings is 1. The first-order valence-corrected chi connectivity index (χ1v) is 8.30. The van der Waals surface area contributed by atoms with Crippen molar-refractivity contribution in [1.29, 1.82) is 0 Å². The first kappa shape index (κ1) is 16.6. The van der Waals surface area contributed by atoms with Crippen LogP contribution in [-0.4, -0.2) is 16.2 Å². The van der Waals surface area contributed by atoms with Crippen LogP contribution < -0.4 is 4.84 Å². The number of aromatic nitrogens is 2. The van der Waals surface area contributed by atoms with E-state index in [0.29, 0.717) is 27.3 Å². The van der Waals surface area contributed by atoms with E-state index in [0.717, 1.165) is 6.07 Å². The molecular weight excluding hydrogens is 384 g/mol. The summed E-state index contributed by atoms with van der Waals surface area (Å²) < 4.78 is 27.2. The molecular formula is C13H11BrClF2N3S. The zero-order valence-corrected chi connectivity index (χ0v) is 14.1. The fourth-order valence-corrected chi connectivity index (χ4v) is 2.85. The molecule has 112 valence electrons. The fraction of sp³-hybridized carbons (Fsp3) is 0.231. The lowest BCUT2D eigenvalue weighted by atomic mass is 10.0. The van der Waals surface area contributed by atoms with E-state index in [-0.39, 0.29) is 0 Å². The molecule has 0 spiro atoms. The zero-order chi connectivity index (χ0) is 15.4. The molecule has 0 saturated carbocycles. The van der Waals surface area contributed by atoms with Crippen LogP contribution in [-0.2, 0) is 6.42 Å². The van der Waals surface area contributed by atoms with Crippen molar-refractivity contribution in [3.8, 4) is 0 Å². The molecule has 2 rings (SSSR count). The molecule has 0 amide bonds. The van der Waals surface area contributed by atoms with E-state index in [1.165, 1.54) is 23.9 Å². The molecule has 0 aliphatic carbocycles. The third kappa shape index (κ3) is 4.35. The molecule has 0 saturated heterocycles. The number of thioether (sulfide) groups is 1. The van der Waals surface area contributed by atoms with Gasteiger partial charge in [-0.2, -0.15) is 0 Å². The highest BCUT2D eigenvalue weighted by Gasteiger charge is 2.18. The molecule has 21 heavy (non-hydrogen) atoms. The van der Waals surface area contributed by atoms with Gasteiger partial charge < -0.3 is 0 Å². The van der Waals surface area contributed by atoms with Gasteiger partial charge in [0, 0.05) is 12.3 Å². The first-order chi connectivity index (χ1) is 10.0. The van der Waals surface area contributed by atoms with Gasteiger partial charge in [0.15, 0.2) is 5.16 Å². The predicted octanol–water partition coefficient (Wildman–Crippen LogP) is 4.27. The molecule has 8 heteroatoms. The third-order valence-corrected chi connectivity index (χ3v) is 4.19. The van der Waals surface area contributed by atoms with Crippen molar-refractivity contribution in [3.63, 3.8) is 0 Å². The average molecular weight is 395 g/mol. The summed E-state index contributed by atoms with van der Waals surface area (Å²) in [7, 11) is 0. The van der Waals surface area contributed by atoms with Gasteiger partial charge in [-0.05, 0) is 58.1 Å². The lowest BCUT2D eigenvalue weighted by molar-refractivity contribution is 0.570. The largest absolute Gasteiger partial charge is 0.230 e. The topological polar surface area (TPSA) is 37.8 Å². The average Bonchev–Trinajstić information content (AvgIpc) is 2.44. The molecule has 0 fully saturated rings. The van der Waals surface area contributed by atoms with Gasteiger partial charge in [0.1, 0.15) is 11.6 Å². The van der Waals surface area contributed by atoms with Crippen LogP contribution in [0.1, 0.15) is 17.3 Å². The van der Waals surface area contributed by atoms with Gasteiger partial charge in [0.25, 0.3) is 0 Å². The Hall–Kier alpha value is -0.760. The Bertz CT molecular complexity index is 625. The van der Waals surface area contributed by atoms with Gasteiger partial charge in [-0.15, -0.1) is 0 Å². The van der Waals surface area contributed by atoms with Crippen LogP contribution >= 0.6 is 39.5 Å². The number of nitrogens with one attached hydrogen (secondary N) is 1. The Morgan fingerprint density at radius 1 is 1.33 bits per heavy atom. The Morgan fingerprint density at radius 2 is 2.00 bits per heavy atom. The number of rotatable bonds is 5. The van der Waals surface area contributed by atoms with Crippen LogP contribution in [0, 0.1) is 11.6 Å². The maximum absolute atomic E-state index is 13.3. The fourth-order valence-electron chi connectivity index (χ4n) is 1.86. The third-order valence-electron chi connectivity index (χ3n) is 2.76. The molecule has 1 N–H and O–H groups in total. The Balaban J connectivity index is 2.31. The summed E-state index contributed by atoms with van der Waals surface area (Å²) in [5, 5.41) is 0.593. The van der Waals surface area contributed by atoms with Crippen LogP contribution in [0.15, 0.2) is 34.0 Å². The van der Waals surface area contributed by atoms with Gasteiger partial charge in [-0.3, -0.25) is 0 Å². The molecule has 2 aromatic rings. The van der Waals surface area contributed by atoms with E-state index < -0.39 is 17.7 Å². The standard InChI is InChI=1S/C13H11BrClF2N3S/c1-21-13-18-6-10(14)12(19-13)11(20-15)4-7-2-8(16)5-9(17)3-7/h2-3,5-6,11,20H,4H2,1H3/t11-/m0/s1. The van der Waals surface area contributed by atoms with Gasteiger partial charge >= 0.3 is 0 Å². The minimum Gasteiger partial charge on any atom is -0.230 e. The van der Waals surface area contributed by atoms with Crippen molar-refractivity contribution in [2.24, 2.45) is 0 Å². The van der Waals surface area contributed by atoms with Crippen molar-refractivity contribution >= 4 is 39.5 Å². The summed E-state index contributed by atoms with van der Waals surface area (Å²) in [5.41, 5.74) is 1.12. The molecule has 0 radical (unpaired) electrons. The summed E-state index contributed by atoms with van der Waals surface area (Å²) in [6.45, 7) is 0. The van der Waals surface area contributed by atoms with E-state index in [9.17, 15) is 8.78 Å². The van der Waals surface area contributed by atoms with E-state index in [1.54, 1.807) is 6.20 Å². The normalized spacial score (nSPS) is 12.4. The molecule has 3 nitrogen and oxygen atoms in total. The molecule has 0 aliphatic heterocycles. The van der Waals surface area contributed by atoms with Crippen LogP contribution in [0.5, 0.6) is 0 Å². The molecule has 1 atom stereocenters. The number of halogens is 4. The lowest BCUT2D eigenvalue weighted by Crippen LogP contribution is -2.17. The number of hydrogen-bond donors (Lipinski definition) is 1. The Labute approximate surface area is 138 Å². The van der Waals surface area contributed by atoms with Crippen LogP contribution in [0.25, 0.3) is 0 Å². The second kappa shape index (κ2) is 7.49. The second-order valence-electron chi connectivity index (χ2n) is 4.23. The monoisotopic (exact) mass is 393 g/mol. The minimum atomic E-state index is -0.620. The summed E-state index contributed by atoms with van der Waals surface area (Å²) in [6, 6.07) is 2.97. The summed E-state index contributed by atoms with van der Waals surface area (Å²) >= 11 is 10.5. The SMILES string of the molecule is CSc1ncc(Br)c([C@H](Cc2cc(F)cc(F)c2)NCl)n1. The predicted molar refractivity (Wildman–Crippen MR) is 83.3 cm³/mol. The number of hydrogen-bond acceptors (Lipinski definition) is 4. The molecule has 1 aromatic carbocycles. The van der Waals surface area contributed by atoms with Crippen LogP contribution in [0.3, 0.4) is 0 Å². The van der Waals surface area contributed by atoms with Crippen molar-refractivity contribution in [3.05, 3.63) is 51.8 Å². The van der Waals surface area contributed by atoms with Gasteiger partial charge in [0.2, 0.25) is 0 Å². The first-order valence-electron chi connectivity index (χ1n) is 5.91. The molecule has 0 bridgehead atoms. The maximum atomic E-state index is 13.3. The maximum Gasteiger partial charge on any atom is 0.187 e. The van der Waals surface area contributed by atoms with E-state index in [2.05, 4.69) is 30.7 Å². The smallest absolute Gasteiger partial charge is 0.187 e. The van der Waals surface area contributed by atoms with Crippen LogP contribution in [0.4, 0.5) is 8.78 Å². The van der Waals surface area contributed by atoms with Gasteiger partial charge in [-0.1, -0.05) is 11.8 Å². The van der Waals surface area contributed by atoms with E-state index in [4.69, 9.17) is 11.8 Å². The molecule has 0 aliphatic rings. The van der Waals surface area contributed by atoms with Gasteiger partial charge in [0.05, 0.1) is 16.2 Å². The highest BCUT2D eigenvalue weighted by molar-refractivity contribution is 9.10. The van der Waals surface area contributed by atoms with E-state index >= 15 is 0 Å². The minimum absolute atomic E-state index is 0.293. The molecule has 0 unspecified atom stereocenters. The van der Waals surface area contributed by atoms with Crippen molar-refractivity contribution in [2.75, 3.05) is 6.26 Å². The summed E-state index contributed by atoms with van der Waals surface area (Å²) in [5.74, 6) is -1.24. The van der Waals surface area contributed by atoms with Crippen molar-refractivity contribution in [1.82, 2.24) is 14.8 Å². The summed E-state index contributed by atoms with van der Waals surface area (Å²) in [4.78, 5) is 11.1. The Kier molecular flexibility index (Phi) is 5.92. The molecule has 1 heterocycles. The zero-order valence-electron chi connectivity index (χ0n) is 10.9. The summed E-state index contributed by atoms with van der Waals surface area (Å²) in [6.07, 6.45) is 3.78. The Morgan fingerprint density at radius 3 is 2.57 bits per heavy atom. The van der Waals surface area contributed by atoms with E-state index in [1.807, 2.05) is 6.26 Å². The van der Waals surface area contributed by atoms with Crippen LogP contribution in [0.2, 0.25) is 0 Å². The highest BCUT2D eigenvalue weighted by Crippen LogP contribution is 2.26. The van der Waals surface area contributed by atoms with Crippen molar-refractivity contribution < 1.29 is 8.78 Å². The van der Waals surface area contributed by atoms with Crippen molar-refractivity contribution in [2.45, 2.75) is 17.6 Å². The number of nitrogens with zero attached hydrogens (tertiary/aromatic N) is 2. The quantitative estimate of drug-likeness (QED) is 0.467. The second-order valence-corrected chi connectivity index (χ2v) is 6.08. The lowest BCUT2D eigenvalue weighted by Gasteiger charge is -2.16. The molecule has 1 aromatic heterocycles. The van der Waals surface area contributed by atoms with Gasteiger partial charge in [-0.25, -0.2) is 23.6 Å².